The molecule has 144 valence electrons. The topological polar surface area (TPSA) is 65.5 Å². The molecule has 1 aromatic heterocycles. The van der Waals surface area contributed by atoms with Gasteiger partial charge in [0.05, 0.1) is 17.1 Å². The van der Waals surface area contributed by atoms with Crippen LogP contribution in [0.15, 0.2) is 51.7 Å². The van der Waals surface area contributed by atoms with E-state index in [0.717, 1.165) is 5.56 Å². The van der Waals surface area contributed by atoms with Crippen molar-refractivity contribution < 1.29 is 9.15 Å². The van der Waals surface area contributed by atoms with Gasteiger partial charge in [-0.25, -0.2) is 0 Å². The first-order valence-electron chi connectivity index (χ1n) is 8.82. The molecule has 0 spiro atoms. The first kappa shape index (κ1) is 21.0. The van der Waals surface area contributed by atoms with E-state index in [1.54, 1.807) is 13.0 Å². The van der Waals surface area contributed by atoms with Gasteiger partial charge >= 0.3 is 0 Å². The zero-order chi connectivity index (χ0) is 19.1. The average molecular weight is 388 g/mol. The second kappa shape index (κ2) is 7.75. The van der Waals surface area contributed by atoms with Crippen molar-refractivity contribution in [2.45, 2.75) is 46.3 Å². The molecule has 27 heavy (non-hydrogen) atoms. The van der Waals surface area contributed by atoms with E-state index in [2.05, 4.69) is 0 Å². The molecular formula is C22H26ClNO3. The highest BCUT2D eigenvalue weighted by atomic mass is 35.5. The molecule has 0 saturated heterocycles. The van der Waals surface area contributed by atoms with Gasteiger partial charge < -0.3 is 14.9 Å². The summed E-state index contributed by atoms with van der Waals surface area (Å²) in [5, 5.41) is 0.520. The largest absolute Gasteiger partial charge is 0.491 e. The van der Waals surface area contributed by atoms with E-state index in [4.69, 9.17) is 14.9 Å². The quantitative estimate of drug-likeness (QED) is 0.670. The van der Waals surface area contributed by atoms with Crippen molar-refractivity contribution in [3.05, 3.63) is 63.8 Å². The van der Waals surface area contributed by atoms with Crippen molar-refractivity contribution in [3.8, 4) is 17.1 Å². The lowest BCUT2D eigenvalue weighted by Gasteiger charge is -2.25. The van der Waals surface area contributed by atoms with Crippen LogP contribution in [-0.4, -0.2) is 6.10 Å². The number of halogens is 1. The number of benzene rings is 2. The van der Waals surface area contributed by atoms with Crippen LogP contribution in [0.2, 0.25) is 0 Å². The van der Waals surface area contributed by atoms with Gasteiger partial charge in [-0.3, -0.25) is 4.79 Å². The van der Waals surface area contributed by atoms with Gasteiger partial charge in [-0.1, -0.05) is 30.3 Å². The third kappa shape index (κ3) is 4.02. The highest BCUT2D eigenvalue weighted by Crippen LogP contribution is 2.37. The monoisotopic (exact) mass is 387 g/mol. The van der Waals surface area contributed by atoms with Gasteiger partial charge in [-0.05, 0) is 46.8 Å². The van der Waals surface area contributed by atoms with E-state index >= 15 is 0 Å². The van der Waals surface area contributed by atoms with Crippen LogP contribution in [0.3, 0.4) is 0 Å². The third-order valence-electron chi connectivity index (χ3n) is 4.29. The van der Waals surface area contributed by atoms with Crippen molar-refractivity contribution >= 4 is 23.4 Å². The van der Waals surface area contributed by atoms with Crippen LogP contribution in [0.1, 0.15) is 38.8 Å². The van der Waals surface area contributed by atoms with Crippen LogP contribution in [-0.2, 0) is 5.54 Å². The summed E-state index contributed by atoms with van der Waals surface area (Å²) >= 11 is 0. The maximum atomic E-state index is 13.0. The summed E-state index contributed by atoms with van der Waals surface area (Å²) in [6.07, 6.45) is -0.0145. The molecule has 0 saturated carbocycles. The smallest absolute Gasteiger partial charge is 0.196 e. The van der Waals surface area contributed by atoms with Gasteiger partial charge in [-0.15, -0.1) is 12.4 Å². The van der Waals surface area contributed by atoms with Crippen molar-refractivity contribution in [2.24, 2.45) is 5.73 Å². The molecule has 0 unspecified atom stereocenters. The molecule has 0 bridgehead atoms. The lowest BCUT2D eigenvalue weighted by Crippen LogP contribution is -2.30. The predicted octanol–water partition coefficient (Wildman–Crippen LogP) is 5.17. The molecule has 2 N–H and O–H groups in total. The van der Waals surface area contributed by atoms with Gasteiger partial charge in [0.1, 0.15) is 17.1 Å². The molecule has 0 aliphatic rings. The summed E-state index contributed by atoms with van der Waals surface area (Å²) in [4.78, 5) is 13.0. The number of nitrogens with two attached hydrogens (primary N) is 1. The van der Waals surface area contributed by atoms with E-state index in [0.29, 0.717) is 33.6 Å². The van der Waals surface area contributed by atoms with E-state index in [1.165, 1.54) is 0 Å². The summed E-state index contributed by atoms with van der Waals surface area (Å²) in [5.41, 5.74) is 8.30. The highest BCUT2D eigenvalue weighted by molar-refractivity contribution is 5.86. The lowest BCUT2D eigenvalue weighted by molar-refractivity contribution is 0.236. The molecule has 5 heteroatoms. The molecule has 4 nitrogen and oxygen atoms in total. The number of rotatable bonds is 4. The lowest BCUT2D eigenvalue weighted by atomic mass is 9.91. The zero-order valence-corrected chi connectivity index (χ0v) is 17.1. The Kier molecular flexibility index (Phi) is 6.03. The van der Waals surface area contributed by atoms with Gasteiger partial charge in [0.25, 0.3) is 0 Å². The van der Waals surface area contributed by atoms with Crippen LogP contribution >= 0.6 is 12.4 Å². The predicted molar refractivity (Wildman–Crippen MR) is 113 cm³/mol. The molecule has 0 aliphatic carbocycles. The van der Waals surface area contributed by atoms with Crippen molar-refractivity contribution in [2.75, 3.05) is 0 Å². The maximum Gasteiger partial charge on any atom is 0.196 e. The molecule has 0 amide bonds. The average Bonchev–Trinajstić information content (AvgIpc) is 2.57. The number of hydrogen-bond acceptors (Lipinski definition) is 4. The number of ether oxygens (including phenoxy) is 1. The van der Waals surface area contributed by atoms with Gasteiger partial charge in [0.15, 0.2) is 5.43 Å². The fourth-order valence-electron chi connectivity index (χ4n) is 3.16. The van der Waals surface area contributed by atoms with Crippen molar-refractivity contribution in [3.63, 3.8) is 0 Å². The molecule has 0 atom stereocenters. The minimum Gasteiger partial charge on any atom is -0.491 e. The Morgan fingerprint density at radius 3 is 2.26 bits per heavy atom. The Bertz CT molecular complexity index is 1000. The van der Waals surface area contributed by atoms with Crippen molar-refractivity contribution in [1.82, 2.24) is 0 Å². The molecule has 3 rings (SSSR count). The van der Waals surface area contributed by atoms with Crippen LogP contribution in [0.4, 0.5) is 0 Å². The second-order valence-corrected chi connectivity index (χ2v) is 7.46. The van der Waals surface area contributed by atoms with E-state index < -0.39 is 5.54 Å². The Morgan fingerprint density at radius 1 is 1.07 bits per heavy atom. The summed E-state index contributed by atoms with van der Waals surface area (Å²) < 4.78 is 12.2. The minimum absolute atomic E-state index is 0. The minimum atomic E-state index is -0.733. The fraction of sp³-hybridized carbons (Fsp3) is 0.318. The maximum absolute atomic E-state index is 13.0. The standard InChI is InChI=1S/C22H25NO3.ClH/c1-13(2)25-17-12-11-16-19(24)14(3)20(15-9-7-6-8-10-15)26-21(16)18(17)22(4,5)23;/h6-13H,23H2,1-5H3;1H. The van der Waals surface area contributed by atoms with Gasteiger partial charge in [0, 0.05) is 16.7 Å². The Labute approximate surface area is 165 Å². The van der Waals surface area contributed by atoms with Crippen molar-refractivity contribution in [1.29, 1.82) is 0 Å². The third-order valence-corrected chi connectivity index (χ3v) is 4.29. The SMILES string of the molecule is Cc1c(-c2ccccc2)oc2c(C(C)(C)N)c(OC(C)C)ccc2c1=O.Cl. The summed E-state index contributed by atoms with van der Waals surface area (Å²) in [6.45, 7) is 9.48. The highest BCUT2D eigenvalue weighted by Gasteiger charge is 2.27. The number of hydrogen-bond donors (Lipinski definition) is 1. The second-order valence-electron chi connectivity index (χ2n) is 7.46. The van der Waals surface area contributed by atoms with E-state index in [1.807, 2.05) is 64.1 Å². The first-order valence-corrected chi connectivity index (χ1v) is 8.82. The van der Waals surface area contributed by atoms with E-state index in [-0.39, 0.29) is 23.9 Å². The summed E-state index contributed by atoms with van der Waals surface area (Å²) in [7, 11) is 0. The molecule has 2 aromatic carbocycles. The number of fused-ring (bicyclic) bond motifs is 1. The van der Waals surface area contributed by atoms with Gasteiger partial charge in [0.2, 0.25) is 0 Å². The molecule has 0 fully saturated rings. The molecule has 1 heterocycles. The van der Waals surface area contributed by atoms with Crippen LogP contribution in [0.5, 0.6) is 5.75 Å². The van der Waals surface area contributed by atoms with Gasteiger partial charge in [-0.2, -0.15) is 0 Å². The Morgan fingerprint density at radius 2 is 1.70 bits per heavy atom. The summed E-state index contributed by atoms with van der Waals surface area (Å²) in [6, 6.07) is 13.2. The zero-order valence-electron chi connectivity index (χ0n) is 16.3. The first-order chi connectivity index (χ1) is 12.2. The summed E-state index contributed by atoms with van der Waals surface area (Å²) in [5.74, 6) is 1.21. The normalized spacial score (nSPS) is 11.5. The Balaban J connectivity index is 0.00000261. The molecule has 0 aliphatic heterocycles. The fourth-order valence-corrected chi connectivity index (χ4v) is 3.16. The molecule has 0 radical (unpaired) electrons. The van der Waals surface area contributed by atoms with Crippen LogP contribution < -0.4 is 15.9 Å². The molecule has 3 aromatic rings. The molecular weight excluding hydrogens is 362 g/mol. The van der Waals surface area contributed by atoms with Crippen LogP contribution in [0, 0.1) is 6.92 Å². The Hall–Kier alpha value is -2.30. The van der Waals surface area contributed by atoms with Crippen LogP contribution in [0.25, 0.3) is 22.3 Å². The van der Waals surface area contributed by atoms with E-state index in [9.17, 15) is 4.79 Å².